The third-order valence-corrected chi connectivity index (χ3v) is 9.06. The van der Waals surface area contributed by atoms with Gasteiger partial charge < -0.3 is 0 Å². The molecule has 0 fully saturated rings. The lowest BCUT2D eigenvalue weighted by atomic mass is 10.1. The molecule has 0 spiro atoms. The lowest BCUT2D eigenvalue weighted by molar-refractivity contribution is 0.0983. The predicted octanol–water partition coefficient (Wildman–Crippen LogP) is 9.01. The molecule has 0 saturated carbocycles. The Balaban J connectivity index is 1.83. The fraction of sp³-hybridized carbons (Fsp3) is 0.316. The van der Waals surface area contributed by atoms with Crippen LogP contribution >= 0.6 is 65.9 Å². The highest BCUT2D eigenvalue weighted by Crippen LogP contribution is 2.48. The van der Waals surface area contributed by atoms with Gasteiger partial charge in [-0.25, -0.2) is 0 Å². The Kier molecular flexibility index (Phi) is 5.35. The van der Waals surface area contributed by atoms with Crippen LogP contribution in [0.4, 0.5) is 0 Å². The Labute approximate surface area is 175 Å². The van der Waals surface area contributed by atoms with Crippen LogP contribution in [-0.2, 0) is 0 Å². The minimum absolute atomic E-state index is 0.294. The van der Waals surface area contributed by atoms with Crippen LogP contribution < -0.4 is 0 Å². The summed E-state index contributed by atoms with van der Waals surface area (Å²) in [4.78, 5) is 13.6. The van der Waals surface area contributed by atoms with Crippen molar-refractivity contribution in [1.82, 2.24) is 0 Å². The van der Waals surface area contributed by atoms with E-state index < -0.39 is 0 Å². The van der Waals surface area contributed by atoms with Crippen molar-refractivity contribution in [1.29, 1.82) is 0 Å². The Morgan fingerprint density at radius 1 is 0.840 bits per heavy atom. The summed E-state index contributed by atoms with van der Waals surface area (Å²) in [5.74, 6) is 0.294. The molecule has 1 nitrogen and oxygen atoms in total. The van der Waals surface area contributed by atoms with Crippen molar-refractivity contribution in [2.75, 3.05) is 0 Å². The highest BCUT2D eigenvalue weighted by Gasteiger charge is 2.18. The van der Waals surface area contributed by atoms with E-state index in [1.54, 1.807) is 34.0 Å². The Morgan fingerprint density at radius 3 is 2.20 bits per heavy atom. The van der Waals surface area contributed by atoms with Gasteiger partial charge in [-0.1, -0.05) is 26.2 Å². The molecule has 0 unspecified atom stereocenters. The topological polar surface area (TPSA) is 17.1 Å². The van der Waals surface area contributed by atoms with Crippen molar-refractivity contribution in [2.24, 2.45) is 0 Å². The maximum Gasteiger partial charge on any atom is 0.172 e. The van der Waals surface area contributed by atoms with Gasteiger partial charge in [0.15, 0.2) is 5.78 Å². The van der Waals surface area contributed by atoms with E-state index in [2.05, 4.69) is 57.0 Å². The monoisotopic (exact) mass is 514 g/mol. The highest BCUT2D eigenvalue weighted by atomic mass is 79.9. The standard InChI is InChI=1S/C19H16Br2OS3/c1-2-3-4-5-6-13(22)14-7-10-11-8-15(20)24-18(11)19-12(17(10)23-14)9-16(21)25-19/h7-9H,2-6H2,1H3. The van der Waals surface area contributed by atoms with Crippen LogP contribution in [-0.4, -0.2) is 5.78 Å². The first kappa shape index (κ1) is 18.1. The Hall–Kier alpha value is -0.270. The van der Waals surface area contributed by atoms with Crippen LogP contribution in [0.1, 0.15) is 48.7 Å². The third kappa shape index (κ3) is 3.36. The molecule has 0 bridgehead atoms. The number of hydrogen-bond donors (Lipinski definition) is 0. The Morgan fingerprint density at radius 2 is 1.48 bits per heavy atom. The number of carbonyl (C=O) groups is 1. The minimum atomic E-state index is 0.294. The number of ketones is 1. The van der Waals surface area contributed by atoms with Crippen LogP contribution in [0.2, 0.25) is 0 Å². The molecular weight excluding hydrogens is 500 g/mol. The van der Waals surface area contributed by atoms with Crippen molar-refractivity contribution in [3.05, 3.63) is 30.6 Å². The SMILES string of the molecule is CCCCCCC(=O)c1cc2c3cc(Br)sc3c3sc(Br)cc3c2s1. The molecule has 0 aliphatic rings. The van der Waals surface area contributed by atoms with Crippen molar-refractivity contribution < 1.29 is 4.79 Å². The zero-order valence-corrected chi connectivity index (χ0v) is 19.3. The van der Waals surface area contributed by atoms with E-state index in [1.807, 2.05) is 0 Å². The van der Waals surface area contributed by atoms with Crippen LogP contribution in [0.3, 0.4) is 0 Å². The number of carbonyl (C=O) groups excluding carboxylic acids is 1. The largest absolute Gasteiger partial charge is 0.293 e. The summed E-state index contributed by atoms with van der Waals surface area (Å²) in [6, 6.07) is 6.51. The van der Waals surface area contributed by atoms with Gasteiger partial charge in [0.2, 0.25) is 0 Å². The van der Waals surface area contributed by atoms with E-state index in [0.717, 1.165) is 25.3 Å². The van der Waals surface area contributed by atoms with E-state index in [0.29, 0.717) is 12.2 Å². The number of Topliss-reactive ketones (excluding diaryl/α,β-unsaturated/α-hetero) is 1. The molecule has 0 radical (unpaired) electrons. The lowest BCUT2D eigenvalue weighted by Crippen LogP contribution is -1.95. The molecule has 4 aromatic rings. The fourth-order valence-electron chi connectivity index (χ4n) is 3.19. The molecule has 4 rings (SSSR count). The molecule has 3 heterocycles. The van der Waals surface area contributed by atoms with Gasteiger partial charge in [0.1, 0.15) is 0 Å². The summed E-state index contributed by atoms with van der Waals surface area (Å²) < 4.78 is 6.14. The summed E-state index contributed by atoms with van der Waals surface area (Å²) in [6.07, 6.45) is 5.23. The van der Waals surface area contributed by atoms with E-state index in [-0.39, 0.29) is 0 Å². The summed E-state index contributed by atoms with van der Waals surface area (Å²) in [5, 5.41) is 3.75. The average molecular weight is 516 g/mol. The first-order chi connectivity index (χ1) is 12.1. The number of hydrogen-bond acceptors (Lipinski definition) is 4. The van der Waals surface area contributed by atoms with Crippen LogP contribution in [0, 0.1) is 0 Å². The Bertz CT molecular complexity index is 1010. The van der Waals surface area contributed by atoms with Gasteiger partial charge >= 0.3 is 0 Å². The fourth-order valence-corrected chi connectivity index (χ4v) is 7.80. The first-order valence-corrected chi connectivity index (χ1v) is 12.4. The maximum absolute atomic E-state index is 12.7. The second kappa shape index (κ2) is 7.39. The summed E-state index contributed by atoms with van der Waals surface area (Å²) in [6.45, 7) is 2.20. The number of rotatable bonds is 6. The summed E-state index contributed by atoms with van der Waals surface area (Å²) >= 11 is 12.5. The molecule has 1 aromatic carbocycles. The molecular formula is C19H16Br2OS3. The summed E-state index contributed by atoms with van der Waals surface area (Å²) in [7, 11) is 0. The van der Waals surface area contributed by atoms with Crippen molar-refractivity contribution in [2.45, 2.75) is 39.0 Å². The average Bonchev–Trinajstić information content (AvgIpc) is 3.26. The van der Waals surface area contributed by atoms with Gasteiger partial charge in [-0.2, -0.15) is 0 Å². The van der Waals surface area contributed by atoms with Gasteiger partial charge in [0.05, 0.1) is 21.8 Å². The van der Waals surface area contributed by atoms with Gasteiger partial charge in [-0.3, -0.25) is 4.79 Å². The van der Waals surface area contributed by atoms with E-state index in [4.69, 9.17) is 0 Å². The molecule has 130 valence electrons. The van der Waals surface area contributed by atoms with Crippen LogP contribution in [0.5, 0.6) is 0 Å². The van der Waals surface area contributed by atoms with Crippen LogP contribution in [0.15, 0.2) is 25.8 Å². The van der Waals surface area contributed by atoms with Gasteiger partial charge in [0.25, 0.3) is 0 Å². The van der Waals surface area contributed by atoms with Crippen molar-refractivity contribution in [3.63, 3.8) is 0 Å². The molecule has 3 aromatic heterocycles. The molecule has 0 N–H and O–H groups in total. The normalized spacial score (nSPS) is 12.0. The molecule has 0 aliphatic heterocycles. The number of halogens is 2. The maximum atomic E-state index is 12.7. The van der Waals surface area contributed by atoms with Crippen LogP contribution in [0.25, 0.3) is 30.3 Å². The van der Waals surface area contributed by atoms with E-state index in [9.17, 15) is 4.79 Å². The number of unbranched alkanes of at least 4 members (excludes halogenated alkanes) is 3. The smallest absolute Gasteiger partial charge is 0.172 e. The van der Waals surface area contributed by atoms with Crippen molar-refractivity contribution in [3.8, 4) is 0 Å². The molecule has 0 aliphatic carbocycles. The molecule has 0 atom stereocenters. The molecule has 6 heteroatoms. The lowest BCUT2D eigenvalue weighted by Gasteiger charge is -1.97. The van der Waals surface area contributed by atoms with Gasteiger partial charge in [-0.05, 0) is 56.5 Å². The second-order valence-corrected chi connectivity index (χ2v) is 12.1. The predicted molar refractivity (Wildman–Crippen MR) is 121 cm³/mol. The highest BCUT2D eigenvalue weighted by molar-refractivity contribution is 9.11. The third-order valence-electron chi connectivity index (χ3n) is 4.41. The molecule has 0 saturated heterocycles. The molecule has 0 amide bonds. The van der Waals surface area contributed by atoms with Crippen molar-refractivity contribution >= 4 is 102 Å². The number of fused-ring (bicyclic) bond motifs is 6. The zero-order valence-electron chi connectivity index (χ0n) is 13.7. The van der Waals surface area contributed by atoms with E-state index >= 15 is 0 Å². The number of thiophene rings is 3. The first-order valence-electron chi connectivity index (χ1n) is 8.35. The minimum Gasteiger partial charge on any atom is -0.293 e. The number of benzene rings is 1. The zero-order chi connectivity index (χ0) is 17.6. The van der Waals surface area contributed by atoms with Gasteiger partial charge in [0, 0.05) is 27.3 Å². The van der Waals surface area contributed by atoms with Gasteiger partial charge in [-0.15, -0.1) is 34.0 Å². The quantitative estimate of drug-likeness (QED) is 0.185. The second-order valence-electron chi connectivity index (χ2n) is 6.17. The van der Waals surface area contributed by atoms with E-state index in [1.165, 1.54) is 43.1 Å². The molecule has 25 heavy (non-hydrogen) atoms. The summed E-state index contributed by atoms with van der Waals surface area (Å²) in [5.41, 5.74) is 0.